The van der Waals surface area contributed by atoms with Gasteiger partial charge in [0, 0.05) is 29.4 Å². The van der Waals surface area contributed by atoms with E-state index in [-0.39, 0.29) is 6.71 Å². The molecule has 0 aliphatic carbocycles. The Kier molecular flexibility index (Phi) is 4.93. The molecule has 0 spiro atoms. The zero-order valence-corrected chi connectivity index (χ0v) is 25.1. The molecule has 5 aromatic carbocycles. The molecule has 44 heavy (non-hydrogen) atoms. The fourth-order valence-corrected chi connectivity index (χ4v) is 10.8. The maximum Gasteiger partial charge on any atom is 0.250 e. The van der Waals surface area contributed by atoms with Gasteiger partial charge < -0.3 is 0 Å². The van der Waals surface area contributed by atoms with Crippen LogP contribution in [-0.2, 0) is 0 Å². The van der Waals surface area contributed by atoms with Crippen LogP contribution in [-0.4, -0.2) is 25.8 Å². The third-order valence-electron chi connectivity index (χ3n) is 8.66. The van der Waals surface area contributed by atoms with Crippen LogP contribution < -0.4 is 16.4 Å². The third-order valence-corrected chi connectivity index (χ3v) is 12.2. The monoisotopic (exact) mass is 614 g/mol. The van der Waals surface area contributed by atoms with Crippen LogP contribution in [0.5, 0.6) is 0 Å². The van der Waals surface area contributed by atoms with Gasteiger partial charge in [0.15, 0.2) is 0 Å². The standard InChI is InChI=1S/C34H15BN6S3/c36-14-18-7-9-22-20(11-18)38-16-40(22)24-13-25(41-17-39-21-12-19(15-37)8-10-23(21)41)34-32-33(24)43-28-5-1-3-26-30(28)35(32)31-27(42-26)4-2-6-29(31)44-34/h1-13,16-17H. The van der Waals surface area contributed by atoms with Gasteiger partial charge in [0.2, 0.25) is 6.71 Å². The Bertz CT molecular complexity index is 2370. The molecular weight excluding hydrogens is 599 g/mol. The van der Waals surface area contributed by atoms with Crippen LogP contribution in [0.2, 0.25) is 0 Å². The normalized spacial score (nSPS) is 13.5. The number of benzene rings is 5. The van der Waals surface area contributed by atoms with Crippen molar-refractivity contribution in [3.05, 3.63) is 103 Å². The Morgan fingerprint density at radius 3 is 1.52 bits per heavy atom. The van der Waals surface area contributed by atoms with Crippen molar-refractivity contribution in [2.75, 3.05) is 0 Å². The van der Waals surface area contributed by atoms with Gasteiger partial charge in [-0.15, -0.1) is 0 Å². The summed E-state index contributed by atoms with van der Waals surface area (Å²) in [5.41, 5.74) is 10.8. The summed E-state index contributed by atoms with van der Waals surface area (Å²) in [6, 6.07) is 31.5. The maximum absolute atomic E-state index is 9.52. The van der Waals surface area contributed by atoms with Crippen LogP contribution in [0.1, 0.15) is 11.1 Å². The second kappa shape index (κ2) is 8.84. The van der Waals surface area contributed by atoms with Gasteiger partial charge in [-0.2, -0.15) is 10.5 Å². The van der Waals surface area contributed by atoms with E-state index in [0.717, 1.165) is 33.4 Å². The third kappa shape index (κ3) is 3.20. The van der Waals surface area contributed by atoms with Crippen molar-refractivity contribution < 1.29 is 0 Å². The van der Waals surface area contributed by atoms with Gasteiger partial charge in [-0.05, 0) is 83.1 Å². The summed E-state index contributed by atoms with van der Waals surface area (Å²) >= 11 is 5.54. The number of nitrogens with zero attached hydrogens (tertiary/aromatic N) is 6. The van der Waals surface area contributed by atoms with E-state index in [2.05, 4.69) is 63.7 Å². The van der Waals surface area contributed by atoms with E-state index < -0.39 is 0 Å². The second-order valence-corrected chi connectivity index (χ2v) is 14.1. The van der Waals surface area contributed by atoms with Gasteiger partial charge in [-0.1, -0.05) is 47.4 Å². The summed E-state index contributed by atoms with van der Waals surface area (Å²) in [5.74, 6) is 0. The summed E-state index contributed by atoms with van der Waals surface area (Å²) in [7, 11) is 0. The molecule has 10 heteroatoms. The highest BCUT2D eigenvalue weighted by Gasteiger charge is 2.45. The lowest BCUT2D eigenvalue weighted by molar-refractivity contribution is 1.01. The number of rotatable bonds is 2. The zero-order valence-electron chi connectivity index (χ0n) is 22.6. The van der Waals surface area contributed by atoms with E-state index in [9.17, 15) is 10.5 Å². The highest BCUT2D eigenvalue weighted by Crippen LogP contribution is 2.48. The molecule has 3 aliphatic heterocycles. The smallest absolute Gasteiger partial charge is 0.250 e. The topological polar surface area (TPSA) is 83.2 Å². The Balaban J connectivity index is 1.33. The number of aromatic nitrogens is 4. The second-order valence-electron chi connectivity index (χ2n) is 10.9. The van der Waals surface area contributed by atoms with E-state index in [4.69, 9.17) is 9.97 Å². The molecule has 5 heterocycles. The lowest BCUT2D eigenvalue weighted by atomic mass is 9.36. The van der Waals surface area contributed by atoms with Crippen molar-refractivity contribution in [1.29, 1.82) is 10.5 Å². The van der Waals surface area contributed by atoms with Crippen molar-refractivity contribution in [1.82, 2.24) is 19.1 Å². The van der Waals surface area contributed by atoms with Crippen molar-refractivity contribution in [2.45, 2.75) is 29.4 Å². The number of hydrogen-bond acceptors (Lipinski definition) is 7. The molecule has 0 amide bonds. The largest absolute Gasteiger partial charge is 0.298 e. The first-order chi connectivity index (χ1) is 21.7. The summed E-state index contributed by atoms with van der Waals surface area (Å²) in [6.45, 7) is 0.111. The molecule has 10 rings (SSSR count). The molecule has 0 saturated heterocycles. The van der Waals surface area contributed by atoms with Crippen LogP contribution >= 0.6 is 35.3 Å². The highest BCUT2D eigenvalue weighted by atomic mass is 32.2. The molecule has 0 saturated carbocycles. The Morgan fingerprint density at radius 2 is 1.05 bits per heavy atom. The first-order valence-electron chi connectivity index (χ1n) is 14.0. The number of nitriles is 2. The predicted octanol–water partition coefficient (Wildman–Crippen LogP) is 6.02. The minimum atomic E-state index is 0.111. The fraction of sp³-hybridized carbons (Fsp3) is 0. The number of hydrogen-bond donors (Lipinski definition) is 0. The predicted molar refractivity (Wildman–Crippen MR) is 175 cm³/mol. The Labute approximate surface area is 264 Å². The van der Waals surface area contributed by atoms with Gasteiger partial charge in [-0.25, -0.2) is 9.97 Å². The summed E-state index contributed by atoms with van der Waals surface area (Å²) in [6.07, 6.45) is 3.75. The Hall–Kier alpha value is -4.87. The molecule has 0 unspecified atom stereocenters. The average molecular weight is 615 g/mol. The van der Waals surface area contributed by atoms with Crippen LogP contribution in [0.15, 0.2) is 121 Å². The average Bonchev–Trinajstić information content (AvgIpc) is 3.68. The molecule has 0 N–H and O–H groups in total. The molecule has 6 nitrogen and oxygen atoms in total. The fourth-order valence-electron chi connectivity index (χ4n) is 6.77. The molecule has 0 atom stereocenters. The van der Waals surface area contributed by atoms with E-state index in [0.29, 0.717) is 11.1 Å². The molecule has 7 aromatic rings. The minimum absolute atomic E-state index is 0.111. The maximum atomic E-state index is 9.52. The highest BCUT2D eigenvalue weighted by molar-refractivity contribution is 8.02. The van der Waals surface area contributed by atoms with Crippen LogP contribution in [0.3, 0.4) is 0 Å². The Morgan fingerprint density at radius 1 is 0.568 bits per heavy atom. The van der Waals surface area contributed by atoms with E-state index >= 15 is 0 Å². The van der Waals surface area contributed by atoms with Gasteiger partial charge >= 0.3 is 0 Å². The summed E-state index contributed by atoms with van der Waals surface area (Å²) in [4.78, 5) is 17.1. The van der Waals surface area contributed by atoms with E-state index in [1.165, 1.54) is 45.8 Å². The molecule has 2 aromatic heterocycles. The SMILES string of the molecule is N#Cc1ccc2c(c1)ncn2-c1cc(-n2cnc3cc(C#N)ccc32)c2c3c1Sc1cccc4c1B3c1c(cccc1S2)S4. The summed E-state index contributed by atoms with van der Waals surface area (Å²) in [5, 5.41) is 19.0. The quantitative estimate of drug-likeness (QED) is 0.220. The van der Waals surface area contributed by atoms with Crippen molar-refractivity contribution in [2.24, 2.45) is 0 Å². The van der Waals surface area contributed by atoms with Gasteiger partial charge in [0.25, 0.3) is 0 Å². The minimum Gasteiger partial charge on any atom is -0.298 e. The lowest BCUT2D eigenvalue weighted by Crippen LogP contribution is -2.61. The van der Waals surface area contributed by atoms with E-state index in [1.54, 1.807) is 0 Å². The molecule has 0 bridgehead atoms. The van der Waals surface area contributed by atoms with Crippen molar-refractivity contribution in [3.63, 3.8) is 0 Å². The molecule has 3 aliphatic rings. The zero-order chi connectivity index (χ0) is 29.1. The molecular formula is C34H15BN6S3. The summed E-state index contributed by atoms with van der Waals surface area (Å²) < 4.78 is 4.32. The van der Waals surface area contributed by atoms with Gasteiger partial charge in [0.05, 0.1) is 56.7 Å². The van der Waals surface area contributed by atoms with Gasteiger partial charge in [0.1, 0.15) is 12.7 Å². The van der Waals surface area contributed by atoms with Crippen LogP contribution in [0.25, 0.3) is 33.4 Å². The van der Waals surface area contributed by atoms with Crippen LogP contribution in [0, 0.1) is 22.7 Å². The van der Waals surface area contributed by atoms with Crippen LogP contribution in [0.4, 0.5) is 0 Å². The first-order valence-corrected chi connectivity index (χ1v) is 16.4. The number of imidazole rings is 2. The van der Waals surface area contributed by atoms with Gasteiger partial charge in [-0.3, -0.25) is 9.13 Å². The van der Waals surface area contributed by atoms with Crippen molar-refractivity contribution >= 4 is 80.5 Å². The molecule has 0 radical (unpaired) electrons. The lowest BCUT2D eigenvalue weighted by Gasteiger charge is -2.39. The van der Waals surface area contributed by atoms with E-state index in [1.807, 2.05) is 84.3 Å². The molecule has 202 valence electrons. The first kappa shape index (κ1) is 24.6. The molecule has 0 fully saturated rings. The van der Waals surface area contributed by atoms with Crippen molar-refractivity contribution in [3.8, 4) is 23.5 Å². The number of fused-ring (bicyclic) bond motifs is 2.